The van der Waals surface area contributed by atoms with Gasteiger partial charge in [-0.2, -0.15) is 0 Å². The number of hydrogen-bond acceptors (Lipinski definition) is 0. The van der Waals surface area contributed by atoms with Gasteiger partial charge < -0.3 is 19.9 Å². The van der Waals surface area contributed by atoms with Crippen LogP contribution in [-0.2, 0) is 0 Å². The first-order valence-corrected chi connectivity index (χ1v) is 32.2. The average Bonchev–Trinajstić information content (AvgIpc) is 3.04. The monoisotopic (exact) mass is 744 g/mol. The van der Waals surface area contributed by atoms with E-state index in [2.05, 4.69) is 193 Å². The van der Waals surface area contributed by atoms with Crippen LogP contribution in [0.4, 0.5) is 0 Å². The van der Waals surface area contributed by atoms with Gasteiger partial charge in [-0.15, -0.1) is 22.2 Å². The molecular formula is C44H48N4Si4. The Hall–Kier alpha value is -4.81. The minimum atomic E-state index is -1.68. The highest BCUT2D eigenvalue weighted by atomic mass is 28.3. The van der Waals surface area contributed by atoms with Gasteiger partial charge in [0.25, 0.3) is 0 Å². The number of rotatable bonds is 0. The van der Waals surface area contributed by atoms with Crippen molar-refractivity contribution in [3.63, 3.8) is 0 Å². The SMILES string of the molecule is C[Si](C)(C)C#Cc1c2ccccc2c(C#C[Si](C)(C)C)c2[nH]c3c([nH]c12)c1[nH]c2c(C#C[Si](C)(C)C)c4ccccc4c(C#C[Si](C)(C)C)c2[nH]c31. The maximum absolute atomic E-state index is 3.90. The second kappa shape index (κ2) is 12.4. The summed E-state index contributed by atoms with van der Waals surface area (Å²) >= 11 is 0. The first-order chi connectivity index (χ1) is 24.3. The fraction of sp³-hybridized carbons (Fsp3) is 0.273. The Morgan fingerprint density at radius 2 is 0.500 bits per heavy atom. The lowest BCUT2D eigenvalue weighted by molar-refractivity contribution is 1.33. The van der Waals surface area contributed by atoms with E-state index < -0.39 is 32.3 Å². The van der Waals surface area contributed by atoms with Crippen molar-refractivity contribution in [3.8, 4) is 45.9 Å². The predicted octanol–water partition coefficient (Wildman–Crippen LogP) is 11.4. The van der Waals surface area contributed by atoms with Crippen LogP contribution in [0.25, 0.3) is 65.7 Å². The van der Waals surface area contributed by atoms with Gasteiger partial charge in [0.15, 0.2) is 0 Å². The summed E-state index contributed by atoms with van der Waals surface area (Å²) < 4.78 is 0. The molecule has 7 aromatic rings. The Kier molecular flexibility index (Phi) is 8.49. The summed E-state index contributed by atoms with van der Waals surface area (Å²) in [4.78, 5) is 15.6. The molecule has 0 fully saturated rings. The van der Waals surface area contributed by atoms with E-state index in [-0.39, 0.29) is 0 Å². The number of nitrogens with one attached hydrogen (secondary N) is 4. The minimum absolute atomic E-state index is 0.987. The molecule has 0 saturated carbocycles. The van der Waals surface area contributed by atoms with Crippen molar-refractivity contribution in [2.24, 2.45) is 0 Å². The molecule has 0 spiro atoms. The third kappa shape index (κ3) is 6.89. The second-order valence-corrected chi connectivity index (χ2v) is 37.1. The highest BCUT2D eigenvalue weighted by Crippen LogP contribution is 2.39. The summed E-state index contributed by atoms with van der Waals surface area (Å²) in [6.45, 7) is 27.5. The van der Waals surface area contributed by atoms with Gasteiger partial charge in [-0.1, -0.05) is 151 Å². The molecule has 260 valence electrons. The predicted molar refractivity (Wildman–Crippen MR) is 239 cm³/mol. The lowest BCUT2D eigenvalue weighted by atomic mass is 9.96. The van der Waals surface area contributed by atoms with Gasteiger partial charge in [-0.25, -0.2) is 0 Å². The molecule has 4 N–H and O–H groups in total. The molecule has 8 heteroatoms. The van der Waals surface area contributed by atoms with Gasteiger partial charge in [0.1, 0.15) is 32.3 Å². The Morgan fingerprint density at radius 3 is 0.673 bits per heavy atom. The van der Waals surface area contributed by atoms with Gasteiger partial charge in [0, 0.05) is 21.5 Å². The average molecular weight is 745 g/mol. The molecule has 7 rings (SSSR count). The van der Waals surface area contributed by atoms with Crippen LogP contribution in [0.1, 0.15) is 22.3 Å². The summed E-state index contributed by atoms with van der Waals surface area (Å²) in [5, 5.41) is 4.50. The van der Waals surface area contributed by atoms with Crippen molar-refractivity contribution < 1.29 is 0 Å². The van der Waals surface area contributed by atoms with E-state index in [1.54, 1.807) is 0 Å². The molecular weight excluding hydrogens is 697 g/mol. The van der Waals surface area contributed by atoms with E-state index in [9.17, 15) is 0 Å². The highest BCUT2D eigenvalue weighted by Gasteiger charge is 2.23. The normalized spacial score (nSPS) is 12.4. The Morgan fingerprint density at radius 1 is 0.308 bits per heavy atom. The standard InChI is InChI=1S/C44H48N4Si4/c1-49(2,3)25-21-33-29-17-13-14-18-30(29)34(22-26-50(4,5)6)38-37(33)45-41-42(46-38)44-43(41)47-39-35(23-27-51(7,8)9)31-19-15-16-20-32(31)36(40(39)48-44)24-28-52(10,11)12/h13-20,45-48H,1-12H3. The van der Waals surface area contributed by atoms with Gasteiger partial charge in [-0.3, -0.25) is 0 Å². The number of aromatic nitrogens is 4. The third-order valence-electron chi connectivity index (χ3n) is 8.68. The van der Waals surface area contributed by atoms with Gasteiger partial charge in [0.05, 0.1) is 66.4 Å². The number of fused-ring (bicyclic) bond motifs is 8. The number of benzene rings is 4. The second-order valence-electron chi connectivity index (χ2n) is 18.1. The molecule has 5 aromatic carbocycles. The molecule has 0 bridgehead atoms. The fourth-order valence-corrected chi connectivity index (χ4v) is 8.33. The van der Waals surface area contributed by atoms with Crippen molar-refractivity contribution in [1.82, 2.24) is 19.9 Å². The Labute approximate surface area is 311 Å². The molecule has 52 heavy (non-hydrogen) atoms. The zero-order valence-electron chi connectivity index (χ0n) is 32.6. The molecule has 0 radical (unpaired) electrons. The van der Waals surface area contributed by atoms with Crippen LogP contribution in [-0.4, -0.2) is 52.2 Å². The van der Waals surface area contributed by atoms with Crippen LogP contribution < -0.4 is 0 Å². The molecule has 2 heterocycles. The molecule has 0 amide bonds. The zero-order chi connectivity index (χ0) is 37.4. The van der Waals surface area contributed by atoms with Gasteiger partial charge in [-0.05, 0) is 0 Å². The van der Waals surface area contributed by atoms with Crippen molar-refractivity contribution in [3.05, 3.63) is 70.8 Å². The maximum Gasteiger partial charge on any atom is 0.129 e. The van der Waals surface area contributed by atoms with Crippen LogP contribution in [0, 0.1) is 45.9 Å². The van der Waals surface area contributed by atoms with E-state index in [4.69, 9.17) is 0 Å². The lowest BCUT2D eigenvalue weighted by Crippen LogP contribution is -2.16. The Balaban J connectivity index is 1.67. The van der Waals surface area contributed by atoms with Crippen molar-refractivity contribution in [2.45, 2.75) is 78.6 Å². The van der Waals surface area contributed by atoms with Crippen LogP contribution in [0.5, 0.6) is 0 Å². The molecule has 0 atom stereocenters. The number of hydrogen-bond donors (Lipinski definition) is 4. The third-order valence-corrected chi connectivity index (χ3v) is 12.2. The summed E-state index contributed by atoms with van der Waals surface area (Å²) in [6, 6.07) is 17.2. The topological polar surface area (TPSA) is 63.2 Å². The fourth-order valence-electron chi connectivity index (χ4n) is 6.33. The van der Waals surface area contributed by atoms with Crippen molar-refractivity contribution in [2.75, 3.05) is 0 Å². The molecule has 0 aliphatic rings. The molecule has 0 aliphatic heterocycles. The first kappa shape index (κ1) is 35.6. The van der Waals surface area contributed by atoms with E-state index in [0.29, 0.717) is 0 Å². The smallest absolute Gasteiger partial charge is 0.129 e. The van der Waals surface area contributed by atoms with E-state index in [1.807, 2.05) is 0 Å². The van der Waals surface area contributed by atoms with Gasteiger partial charge >= 0.3 is 0 Å². The number of H-pyrrole nitrogens is 4. The van der Waals surface area contributed by atoms with Crippen molar-refractivity contribution >= 4 is 98.0 Å². The van der Waals surface area contributed by atoms with Crippen LogP contribution in [0.2, 0.25) is 78.6 Å². The number of aromatic amines is 4. The van der Waals surface area contributed by atoms with E-state index >= 15 is 0 Å². The molecule has 4 nitrogen and oxygen atoms in total. The van der Waals surface area contributed by atoms with Crippen LogP contribution in [0.3, 0.4) is 0 Å². The van der Waals surface area contributed by atoms with E-state index in [0.717, 1.165) is 87.9 Å². The highest BCUT2D eigenvalue weighted by molar-refractivity contribution is 6.85. The van der Waals surface area contributed by atoms with E-state index in [1.165, 1.54) is 0 Å². The lowest BCUT2D eigenvalue weighted by Gasteiger charge is -2.20. The first-order valence-electron chi connectivity index (χ1n) is 18.2. The quantitative estimate of drug-likeness (QED) is 0.0679. The molecule has 0 unspecified atom stereocenters. The molecule has 0 aliphatic carbocycles. The van der Waals surface area contributed by atoms with Crippen molar-refractivity contribution in [1.29, 1.82) is 0 Å². The summed E-state index contributed by atoms with van der Waals surface area (Å²) in [7, 11) is -6.72. The summed E-state index contributed by atoms with van der Waals surface area (Å²) in [6.07, 6.45) is 0. The van der Waals surface area contributed by atoms with Crippen LogP contribution in [0.15, 0.2) is 48.5 Å². The summed E-state index contributed by atoms with van der Waals surface area (Å²) in [5.74, 6) is 14.7. The molecule has 2 aromatic heterocycles. The zero-order valence-corrected chi connectivity index (χ0v) is 36.6. The minimum Gasteiger partial charge on any atom is -0.349 e. The summed E-state index contributed by atoms with van der Waals surface area (Å²) in [5.41, 5.74) is 26.7. The molecule has 0 saturated heterocycles. The van der Waals surface area contributed by atoms with Crippen LogP contribution >= 0.6 is 0 Å². The Bertz CT molecular complexity index is 2490. The van der Waals surface area contributed by atoms with Gasteiger partial charge in [0.2, 0.25) is 0 Å². The maximum atomic E-state index is 3.90. The largest absolute Gasteiger partial charge is 0.349 e.